The van der Waals surface area contributed by atoms with E-state index in [1.807, 2.05) is 54.3 Å². The van der Waals surface area contributed by atoms with Crippen LogP contribution in [-0.2, 0) is 25.8 Å². The molecule has 192 valence electrons. The SMILES string of the molecule is C[C@@H](NC(=O)c1coc(CN(Cc2ccc(Cl)cc2)Cc2cccc(C(F)(F)F)c2)n1)c1ccccc1. The molecule has 1 aromatic heterocycles. The van der Waals surface area contributed by atoms with E-state index in [2.05, 4.69) is 10.3 Å². The van der Waals surface area contributed by atoms with Crippen LogP contribution in [0, 0.1) is 0 Å². The fourth-order valence-electron chi connectivity index (χ4n) is 3.89. The molecule has 1 amide bonds. The summed E-state index contributed by atoms with van der Waals surface area (Å²) in [6.07, 6.45) is -3.15. The second kappa shape index (κ2) is 11.6. The van der Waals surface area contributed by atoms with E-state index in [0.29, 0.717) is 17.1 Å². The first-order chi connectivity index (χ1) is 17.7. The number of alkyl halides is 3. The van der Waals surface area contributed by atoms with Crippen LogP contribution in [0.3, 0.4) is 0 Å². The lowest BCUT2D eigenvalue weighted by molar-refractivity contribution is -0.137. The summed E-state index contributed by atoms with van der Waals surface area (Å²) in [4.78, 5) is 18.9. The Hall–Kier alpha value is -3.62. The summed E-state index contributed by atoms with van der Waals surface area (Å²) in [6, 6.07) is 21.7. The van der Waals surface area contributed by atoms with Crippen molar-refractivity contribution in [2.75, 3.05) is 0 Å². The smallest absolute Gasteiger partial charge is 0.416 e. The van der Waals surface area contributed by atoms with Crippen molar-refractivity contribution < 1.29 is 22.4 Å². The molecule has 1 heterocycles. The molecule has 0 spiro atoms. The zero-order chi connectivity index (χ0) is 26.4. The third-order valence-corrected chi connectivity index (χ3v) is 6.02. The Labute approximate surface area is 217 Å². The van der Waals surface area contributed by atoms with E-state index in [1.54, 1.807) is 18.2 Å². The van der Waals surface area contributed by atoms with Gasteiger partial charge in [0.15, 0.2) is 5.69 Å². The zero-order valence-electron chi connectivity index (χ0n) is 20.0. The molecule has 3 aromatic carbocycles. The summed E-state index contributed by atoms with van der Waals surface area (Å²) < 4.78 is 45.2. The number of nitrogens with zero attached hydrogens (tertiary/aromatic N) is 2. The van der Waals surface area contributed by atoms with Crippen molar-refractivity contribution in [1.82, 2.24) is 15.2 Å². The molecule has 0 aliphatic rings. The number of amides is 1. The summed E-state index contributed by atoms with van der Waals surface area (Å²) >= 11 is 5.99. The molecule has 1 N–H and O–H groups in total. The van der Waals surface area contributed by atoms with Crippen LogP contribution in [0.25, 0.3) is 0 Å². The van der Waals surface area contributed by atoms with Crippen LogP contribution < -0.4 is 5.32 Å². The largest absolute Gasteiger partial charge is 0.447 e. The Balaban J connectivity index is 1.49. The first kappa shape index (κ1) is 26.4. The summed E-state index contributed by atoms with van der Waals surface area (Å²) in [5, 5.41) is 3.47. The van der Waals surface area contributed by atoms with Crippen LogP contribution in [0.2, 0.25) is 5.02 Å². The van der Waals surface area contributed by atoms with Gasteiger partial charge >= 0.3 is 6.18 Å². The van der Waals surface area contributed by atoms with E-state index >= 15 is 0 Å². The van der Waals surface area contributed by atoms with Gasteiger partial charge in [0.2, 0.25) is 5.89 Å². The van der Waals surface area contributed by atoms with Gasteiger partial charge in [-0.2, -0.15) is 13.2 Å². The molecule has 0 saturated heterocycles. The fraction of sp³-hybridized carbons (Fsp3) is 0.214. The third kappa shape index (κ3) is 7.44. The monoisotopic (exact) mass is 527 g/mol. The Morgan fingerprint density at radius 2 is 1.68 bits per heavy atom. The lowest BCUT2D eigenvalue weighted by Crippen LogP contribution is -2.27. The average molecular weight is 528 g/mol. The highest BCUT2D eigenvalue weighted by atomic mass is 35.5. The number of oxazole rings is 1. The second-order valence-electron chi connectivity index (χ2n) is 8.70. The number of carbonyl (C=O) groups is 1. The first-order valence-corrected chi connectivity index (χ1v) is 12.0. The summed E-state index contributed by atoms with van der Waals surface area (Å²) in [5.74, 6) is -0.105. The van der Waals surface area contributed by atoms with Crippen LogP contribution in [0.4, 0.5) is 13.2 Å². The van der Waals surface area contributed by atoms with Crippen LogP contribution in [0.15, 0.2) is 89.5 Å². The van der Waals surface area contributed by atoms with Gasteiger partial charge in [-0.15, -0.1) is 0 Å². The van der Waals surface area contributed by atoms with Crippen molar-refractivity contribution in [3.63, 3.8) is 0 Å². The molecule has 1 atom stereocenters. The number of hydrogen-bond acceptors (Lipinski definition) is 4. The van der Waals surface area contributed by atoms with Gasteiger partial charge in [0.05, 0.1) is 18.2 Å². The number of benzene rings is 3. The van der Waals surface area contributed by atoms with Gasteiger partial charge in [0.25, 0.3) is 5.91 Å². The predicted octanol–water partition coefficient (Wildman–Crippen LogP) is 7.04. The third-order valence-electron chi connectivity index (χ3n) is 5.77. The van der Waals surface area contributed by atoms with Gasteiger partial charge in [0.1, 0.15) is 6.26 Å². The number of aromatic nitrogens is 1. The molecule has 0 aliphatic carbocycles. The molecule has 5 nitrogen and oxygen atoms in total. The number of carbonyl (C=O) groups excluding carboxylic acids is 1. The normalized spacial score (nSPS) is 12.5. The standard InChI is InChI=1S/C28H25ClF3N3O2/c1-19(22-7-3-2-4-8-22)33-27(36)25-18-37-26(34-25)17-35(15-20-10-12-24(29)13-11-20)16-21-6-5-9-23(14-21)28(30,31)32/h2-14,18-19H,15-17H2,1H3,(H,33,36)/t19-/m1/s1. The minimum atomic E-state index is -4.43. The van der Waals surface area contributed by atoms with Crippen molar-refractivity contribution in [1.29, 1.82) is 0 Å². The van der Waals surface area contributed by atoms with Gasteiger partial charge < -0.3 is 9.73 Å². The van der Waals surface area contributed by atoms with Crippen LogP contribution in [0.5, 0.6) is 0 Å². The Bertz CT molecular complexity index is 1320. The topological polar surface area (TPSA) is 58.4 Å². The molecule has 0 unspecified atom stereocenters. The van der Waals surface area contributed by atoms with E-state index in [-0.39, 0.29) is 36.6 Å². The molecule has 4 aromatic rings. The summed E-state index contributed by atoms with van der Waals surface area (Å²) in [5.41, 5.74) is 1.78. The quantitative estimate of drug-likeness (QED) is 0.253. The van der Waals surface area contributed by atoms with Gasteiger partial charge in [0, 0.05) is 18.1 Å². The molecule has 0 aliphatic heterocycles. The summed E-state index contributed by atoms with van der Waals surface area (Å²) in [6.45, 7) is 2.67. The van der Waals surface area contributed by atoms with E-state index in [4.69, 9.17) is 16.0 Å². The predicted molar refractivity (Wildman–Crippen MR) is 135 cm³/mol. The molecule has 9 heteroatoms. The van der Waals surface area contributed by atoms with Crippen molar-refractivity contribution in [3.05, 3.63) is 124 Å². The van der Waals surface area contributed by atoms with Gasteiger partial charge in [-0.05, 0) is 41.8 Å². The van der Waals surface area contributed by atoms with E-state index in [9.17, 15) is 18.0 Å². The number of halogens is 4. The van der Waals surface area contributed by atoms with Crippen LogP contribution in [-0.4, -0.2) is 15.8 Å². The number of rotatable bonds is 9. The van der Waals surface area contributed by atoms with E-state index in [0.717, 1.165) is 23.3 Å². The highest BCUT2D eigenvalue weighted by molar-refractivity contribution is 6.30. The number of nitrogens with one attached hydrogen (secondary N) is 1. The molecule has 0 bridgehead atoms. The first-order valence-electron chi connectivity index (χ1n) is 11.6. The Kier molecular flexibility index (Phi) is 8.31. The van der Waals surface area contributed by atoms with Gasteiger partial charge in [-0.25, -0.2) is 4.98 Å². The molecule has 0 fully saturated rings. The maximum atomic E-state index is 13.2. The van der Waals surface area contributed by atoms with Crippen molar-refractivity contribution in [2.24, 2.45) is 0 Å². The average Bonchev–Trinajstić information content (AvgIpc) is 3.34. The lowest BCUT2D eigenvalue weighted by Gasteiger charge is -2.21. The second-order valence-corrected chi connectivity index (χ2v) is 9.14. The molecular formula is C28H25ClF3N3O2. The van der Waals surface area contributed by atoms with Gasteiger partial charge in [-0.3, -0.25) is 9.69 Å². The maximum absolute atomic E-state index is 13.2. The fourth-order valence-corrected chi connectivity index (χ4v) is 4.02. The summed E-state index contributed by atoms with van der Waals surface area (Å²) in [7, 11) is 0. The van der Waals surface area contributed by atoms with Crippen molar-refractivity contribution >= 4 is 17.5 Å². The van der Waals surface area contributed by atoms with E-state index < -0.39 is 11.7 Å². The maximum Gasteiger partial charge on any atom is 0.416 e. The zero-order valence-corrected chi connectivity index (χ0v) is 20.8. The lowest BCUT2D eigenvalue weighted by atomic mass is 10.1. The molecule has 0 radical (unpaired) electrons. The van der Waals surface area contributed by atoms with E-state index in [1.165, 1.54) is 12.3 Å². The minimum absolute atomic E-state index is 0.128. The van der Waals surface area contributed by atoms with Gasteiger partial charge in [-0.1, -0.05) is 72.3 Å². The Morgan fingerprint density at radius 1 is 0.973 bits per heavy atom. The van der Waals surface area contributed by atoms with Crippen LogP contribution in [0.1, 0.15) is 51.6 Å². The molecule has 0 saturated carbocycles. The van der Waals surface area contributed by atoms with Crippen molar-refractivity contribution in [3.8, 4) is 0 Å². The highest BCUT2D eigenvalue weighted by Gasteiger charge is 2.30. The molecule has 37 heavy (non-hydrogen) atoms. The minimum Gasteiger partial charge on any atom is -0.447 e. The number of hydrogen-bond donors (Lipinski definition) is 1. The highest BCUT2D eigenvalue weighted by Crippen LogP contribution is 2.30. The van der Waals surface area contributed by atoms with Crippen LogP contribution >= 0.6 is 11.6 Å². The molecular weight excluding hydrogens is 503 g/mol. The van der Waals surface area contributed by atoms with Crippen molar-refractivity contribution in [2.45, 2.75) is 38.8 Å². The Morgan fingerprint density at radius 3 is 2.38 bits per heavy atom. The molecule has 4 rings (SSSR count).